The minimum atomic E-state index is -0.0226. The molecule has 0 aliphatic carbocycles. The van der Waals surface area contributed by atoms with Crippen LogP contribution in [0.3, 0.4) is 0 Å². The predicted molar refractivity (Wildman–Crippen MR) is 144 cm³/mol. The topological polar surface area (TPSA) is 67.6 Å². The number of anilines is 2. The molecule has 3 aromatic rings. The molecule has 1 atom stereocenters. The second-order valence-electron chi connectivity index (χ2n) is 9.76. The SMILES string of the molecule is CC(C)C(=O)Nc1cccc(C2CCN(CC[C@H](Oc3ccc(N)cc3)c3ccccc3)CC2)c1. The molecule has 0 unspecified atom stereocenters. The van der Waals surface area contributed by atoms with Crippen LogP contribution in [0, 0.1) is 5.92 Å². The fraction of sp³-hybridized carbons (Fsp3) is 0.367. The van der Waals surface area contributed by atoms with E-state index in [4.69, 9.17) is 10.5 Å². The van der Waals surface area contributed by atoms with Crippen LogP contribution in [-0.2, 0) is 4.79 Å². The van der Waals surface area contributed by atoms with Crippen molar-refractivity contribution in [2.75, 3.05) is 30.7 Å². The minimum absolute atomic E-state index is 0.00111. The Balaban J connectivity index is 1.32. The number of hydrogen-bond donors (Lipinski definition) is 2. The molecule has 184 valence electrons. The number of likely N-dealkylation sites (tertiary alicyclic amines) is 1. The maximum absolute atomic E-state index is 12.1. The lowest BCUT2D eigenvalue weighted by molar-refractivity contribution is -0.118. The van der Waals surface area contributed by atoms with E-state index in [1.54, 1.807) is 0 Å². The van der Waals surface area contributed by atoms with Crippen LogP contribution in [0.2, 0.25) is 0 Å². The molecule has 35 heavy (non-hydrogen) atoms. The highest BCUT2D eigenvalue weighted by Crippen LogP contribution is 2.31. The molecular formula is C30H37N3O2. The number of carbonyl (C=O) groups excluding carboxylic acids is 1. The van der Waals surface area contributed by atoms with Gasteiger partial charge in [0.1, 0.15) is 11.9 Å². The Bertz CT molecular complexity index is 1070. The summed E-state index contributed by atoms with van der Waals surface area (Å²) in [4.78, 5) is 14.6. The molecule has 0 aromatic heterocycles. The molecule has 1 amide bonds. The summed E-state index contributed by atoms with van der Waals surface area (Å²) in [6.07, 6.45) is 3.17. The number of rotatable bonds is 9. The van der Waals surface area contributed by atoms with Gasteiger partial charge in [-0.25, -0.2) is 0 Å². The van der Waals surface area contributed by atoms with Crippen LogP contribution < -0.4 is 15.8 Å². The number of amides is 1. The Kier molecular flexibility index (Phi) is 8.43. The lowest BCUT2D eigenvalue weighted by Gasteiger charge is -2.33. The quantitative estimate of drug-likeness (QED) is 0.362. The van der Waals surface area contributed by atoms with Crippen LogP contribution in [0.4, 0.5) is 11.4 Å². The second kappa shape index (κ2) is 11.9. The standard InChI is InChI=1S/C30H37N3O2/c1-22(2)30(34)32-27-10-6-9-25(21-27)23-15-18-33(19-16-23)20-17-29(24-7-4-3-5-8-24)35-28-13-11-26(31)12-14-28/h3-14,21-23,29H,15-20,31H2,1-2H3,(H,32,34)/t29-/m0/s1. The molecule has 3 aromatic carbocycles. The van der Waals surface area contributed by atoms with Gasteiger partial charge >= 0.3 is 0 Å². The van der Waals surface area contributed by atoms with Crippen LogP contribution in [0.5, 0.6) is 5.75 Å². The Hall–Kier alpha value is -3.31. The largest absolute Gasteiger partial charge is 0.486 e. The van der Waals surface area contributed by atoms with E-state index in [1.807, 2.05) is 50.2 Å². The van der Waals surface area contributed by atoms with Gasteiger partial charge in [-0.05, 0) is 79.4 Å². The second-order valence-corrected chi connectivity index (χ2v) is 9.76. The first-order valence-electron chi connectivity index (χ1n) is 12.7. The van der Waals surface area contributed by atoms with Crippen molar-refractivity contribution >= 4 is 17.3 Å². The third kappa shape index (κ3) is 7.09. The van der Waals surface area contributed by atoms with E-state index >= 15 is 0 Å². The summed E-state index contributed by atoms with van der Waals surface area (Å²) in [5.41, 5.74) is 9.99. The molecule has 1 aliphatic rings. The molecule has 1 saturated heterocycles. The van der Waals surface area contributed by atoms with Gasteiger partial charge in [0, 0.05) is 30.3 Å². The summed E-state index contributed by atoms with van der Waals surface area (Å²) < 4.78 is 6.38. The average Bonchev–Trinajstić information content (AvgIpc) is 2.88. The van der Waals surface area contributed by atoms with Crippen molar-refractivity contribution in [2.24, 2.45) is 5.92 Å². The monoisotopic (exact) mass is 471 g/mol. The zero-order chi connectivity index (χ0) is 24.6. The van der Waals surface area contributed by atoms with E-state index < -0.39 is 0 Å². The Labute approximate surface area is 209 Å². The zero-order valence-electron chi connectivity index (χ0n) is 20.8. The first kappa shape index (κ1) is 24.8. The van der Waals surface area contributed by atoms with Crippen molar-refractivity contribution in [2.45, 2.75) is 45.1 Å². The molecule has 1 aliphatic heterocycles. The van der Waals surface area contributed by atoms with Crippen molar-refractivity contribution in [3.63, 3.8) is 0 Å². The summed E-state index contributed by atoms with van der Waals surface area (Å²) in [6.45, 7) is 6.95. The minimum Gasteiger partial charge on any atom is -0.486 e. The normalized spacial score (nSPS) is 15.6. The van der Waals surface area contributed by atoms with E-state index in [-0.39, 0.29) is 17.9 Å². The molecule has 1 fully saturated rings. The van der Waals surface area contributed by atoms with Crippen LogP contribution in [-0.4, -0.2) is 30.4 Å². The first-order valence-corrected chi connectivity index (χ1v) is 12.7. The third-order valence-corrected chi connectivity index (χ3v) is 6.77. The fourth-order valence-corrected chi connectivity index (χ4v) is 4.62. The van der Waals surface area contributed by atoms with Gasteiger partial charge in [-0.2, -0.15) is 0 Å². The first-order chi connectivity index (χ1) is 17.0. The number of ether oxygens (including phenoxy) is 1. The van der Waals surface area contributed by atoms with Gasteiger partial charge in [0.25, 0.3) is 0 Å². The van der Waals surface area contributed by atoms with Gasteiger partial charge in [-0.15, -0.1) is 0 Å². The van der Waals surface area contributed by atoms with Crippen LogP contribution >= 0.6 is 0 Å². The third-order valence-electron chi connectivity index (χ3n) is 6.77. The van der Waals surface area contributed by atoms with Crippen LogP contribution in [0.1, 0.15) is 56.3 Å². The fourth-order valence-electron chi connectivity index (χ4n) is 4.62. The highest BCUT2D eigenvalue weighted by Gasteiger charge is 2.23. The number of benzene rings is 3. The summed E-state index contributed by atoms with van der Waals surface area (Å²) in [5, 5.41) is 3.03. The van der Waals surface area contributed by atoms with Gasteiger partial charge in [-0.1, -0.05) is 56.3 Å². The number of piperidine rings is 1. The smallest absolute Gasteiger partial charge is 0.226 e. The summed E-state index contributed by atoms with van der Waals surface area (Å²) in [6, 6.07) is 26.5. The summed E-state index contributed by atoms with van der Waals surface area (Å²) in [7, 11) is 0. The number of hydrogen-bond acceptors (Lipinski definition) is 4. The van der Waals surface area contributed by atoms with Gasteiger partial charge in [0.05, 0.1) is 0 Å². The van der Waals surface area contributed by atoms with Crippen molar-refractivity contribution in [1.82, 2.24) is 4.90 Å². The van der Waals surface area contributed by atoms with Gasteiger partial charge in [0.2, 0.25) is 5.91 Å². The molecular weight excluding hydrogens is 434 g/mol. The molecule has 3 N–H and O–H groups in total. The molecule has 0 spiro atoms. The number of nitrogen functional groups attached to an aromatic ring is 1. The number of nitrogens with two attached hydrogens (primary N) is 1. The molecule has 5 nitrogen and oxygen atoms in total. The summed E-state index contributed by atoms with van der Waals surface area (Å²) in [5.74, 6) is 1.41. The summed E-state index contributed by atoms with van der Waals surface area (Å²) >= 11 is 0. The van der Waals surface area contributed by atoms with E-state index in [0.29, 0.717) is 5.92 Å². The Morgan fingerprint density at radius 3 is 2.40 bits per heavy atom. The maximum Gasteiger partial charge on any atom is 0.226 e. The number of carbonyl (C=O) groups is 1. The molecule has 1 heterocycles. The average molecular weight is 472 g/mol. The molecule has 5 heteroatoms. The van der Waals surface area contributed by atoms with Crippen LogP contribution in [0.15, 0.2) is 78.9 Å². The van der Waals surface area contributed by atoms with Gasteiger partial charge in [-0.3, -0.25) is 4.79 Å². The van der Waals surface area contributed by atoms with Gasteiger partial charge < -0.3 is 20.7 Å². The van der Waals surface area contributed by atoms with Crippen molar-refractivity contribution in [1.29, 1.82) is 0 Å². The number of nitrogens with zero attached hydrogens (tertiary/aromatic N) is 1. The lowest BCUT2D eigenvalue weighted by atomic mass is 9.89. The Morgan fingerprint density at radius 1 is 1.00 bits per heavy atom. The maximum atomic E-state index is 12.1. The van der Waals surface area contributed by atoms with Crippen LogP contribution in [0.25, 0.3) is 0 Å². The highest BCUT2D eigenvalue weighted by atomic mass is 16.5. The number of nitrogens with one attached hydrogen (secondary N) is 1. The molecule has 0 bridgehead atoms. The van der Waals surface area contributed by atoms with E-state index in [2.05, 4.69) is 52.7 Å². The lowest BCUT2D eigenvalue weighted by Crippen LogP contribution is -2.34. The highest BCUT2D eigenvalue weighted by molar-refractivity contribution is 5.92. The molecule has 4 rings (SSSR count). The molecule has 0 saturated carbocycles. The molecule has 0 radical (unpaired) electrons. The van der Waals surface area contributed by atoms with Gasteiger partial charge in [0.15, 0.2) is 0 Å². The van der Waals surface area contributed by atoms with Crippen molar-refractivity contribution in [3.8, 4) is 5.75 Å². The van der Waals surface area contributed by atoms with E-state index in [1.165, 1.54) is 11.1 Å². The predicted octanol–water partition coefficient (Wildman–Crippen LogP) is 6.25. The van der Waals surface area contributed by atoms with Crippen molar-refractivity contribution < 1.29 is 9.53 Å². The van der Waals surface area contributed by atoms with Crippen molar-refractivity contribution in [3.05, 3.63) is 90.0 Å². The zero-order valence-corrected chi connectivity index (χ0v) is 20.8. The Morgan fingerprint density at radius 2 is 1.71 bits per heavy atom. The van der Waals surface area contributed by atoms with E-state index in [0.717, 1.165) is 56.0 Å². The van der Waals surface area contributed by atoms with E-state index in [9.17, 15) is 4.79 Å².